The van der Waals surface area contributed by atoms with Gasteiger partial charge in [0.25, 0.3) is 0 Å². The average molecular weight is 331 g/mol. The van der Waals surface area contributed by atoms with E-state index in [2.05, 4.69) is 15.8 Å². The van der Waals surface area contributed by atoms with Crippen LogP contribution in [0.3, 0.4) is 0 Å². The molecule has 1 fully saturated rings. The third-order valence-corrected chi connectivity index (χ3v) is 5.83. The van der Waals surface area contributed by atoms with Crippen molar-refractivity contribution in [1.29, 1.82) is 0 Å². The summed E-state index contributed by atoms with van der Waals surface area (Å²) in [6.07, 6.45) is 6.74. The second-order valence-electron chi connectivity index (χ2n) is 5.25. The molecule has 0 amide bonds. The quantitative estimate of drug-likeness (QED) is 0.750. The van der Waals surface area contributed by atoms with Gasteiger partial charge in [0.1, 0.15) is 5.82 Å². The van der Waals surface area contributed by atoms with Crippen molar-refractivity contribution in [2.75, 3.05) is 6.26 Å². The number of rotatable bonds is 2. The number of benzene rings is 1. The van der Waals surface area contributed by atoms with E-state index in [1.165, 1.54) is 18.9 Å². The van der Waals surface area contributed by atoms with E-state index in [1.54, 1.807) is 6.07 Å². The van der Waals surface area contributed by atoms with Crippen molar-refractivity contribution >= 4 is 46.6 Å². The van der Waals surface area contributed by atoms with Gasteiger partial charge in [-0.25, -0.2) is 4.39 Å². The third-order valence-electron chi connectivity index (χ3n) is 4.10. The van der Waals surface area contributed by atoms with Gasteiger partial charge < -0.3 is 9.55 Å². The SMILES string of the molecule is CSC1CCC(n2c(=S)[nH]c3cc(Cl)c(F)cc32)CC1. The van der Waals surface area contributed by atoms with Gasteiger partial charge in [-0.2, -0.15) is 11.8 Å². The number of nitrogens with zero attached hydrogens (tertiary/aromatic N) is 1. The second kappa shape index (κ2) is 5.70. The molecule has 20 heavy (non-hydrogen) atoms. The van der Waals surface area contributed by atoms with Crippen LogP contribution < -0.4 is 0 Å². The van der Waals surface area contributed by atoms with Gasteiger partial charge in [0.15, 0.2) is 4.77 Å². The smallest absolute Gasteiger partial charge is 0.178 e. The minimum atomic E-state index is -0.389. The van der Waals surface area contributed by atoms with Crippen molar-refractivity contribution in [3.8, 4) is 0 Å². The summed E-state index contributed by atoms with van der Waals surface area (Å²) in [6.45, 7) is 0. The average Bonchev–Trinajstić information content (AvgIpc) is 2.75. The molecule has 0 radical (unpaired) electrons. The van der Waals surface area contributed by atoms with Crippen molar-refractivity contribution in [3.63, 3.8) is 0 Å². The van der Waals surface area contributed by atoms with Gasteiger partial charge in [0.05, 0.1) is 16.1 Å². The van der Waals surface area contributed by atoms with Crippen molar-refractivity contribution in [3.05, 3.63) is 27.7 Å². The molecule has 108 valence electrons. The van der Waals surface area contributed by atoms with Crippen LogP contribution in [0.1, 0.15) is 31.7 Å². The molecule has 0 saturated heterocycles. The summed E-state index contributed by atoms with van der Waals surface area (Å²) >= 11 is 13.2. The van der Waals surface area contributed by atoms with Crippen LogP contribution in [-0.4, -0.2) is 21.1 Å². The van der Waals surface area contributed by atoms with Gasteiger partial charge in [-0.3, -0.25) is 0 Å². The Morgan fingerprint density at radius 3 is 2.70 bits per heavy atom. The molecule has 0 atom stereocenters. The van der Waals surface area contributed by atoms with Crippen LogP contribution in [0.5, 0.6) is 0 Å². The van der Waals surface area contributed by atoms with Crippen molar-refractivity contribution < 1.29 is 4.39 Å². The second-order valence-corrected chi connectivity index (χ2v) is 7.18. The van der Waals surface area contributed by atoms with E-state index in [0.29, 0.717) is 10.8 Å². The summed E-state index contributed by atoms with van der Waals surface area (Å²) < 4.78 is 16.5. The van der Waals surface area contributed by atoms with Crippen LogP contribution in [0.2, 0.25) is 5.02 Å². The first-order chi connectivity index (χ1) is 9.60. The highest BCUT2D eigenvalue weighted by atomic mass is 35.5. The lowest BCUT2D eigenvalue weighted by atomic mass is 9.94. The van der Waals surface area contributed by atoms with Crippen molar-refractivity contribution in [2.45, 2.75) is 37.0 Å². The number of imidazole rings is 1. The molecule has 1 heterocycles. The number of hydrogen-bond acceptors (Lipinski definition) is 2. The van der Waals surface area contributed by atoms with Crippen molar-refractivity contribution in [2.24, 2.45) is 0 Å². The van der Waals surface area contributed by atoms with E-state index in [0.717, 1.165) is 29.1 Å². The number of thioether (sulfide) groups is 1. The van der Waals surface area contributed by atoms with Gasteiger partial charge in [-0.05, 0) is 50.2 Å². The lowest BCUT2D eigenvalue weighted by Gasteiger charge is -2.28. The lowest BCUT2D eigenvalue weighted by Crippen LogP contribution is -2.19. The fourth-order valence-electron chi connectivity index (χ4n) is 3.02. The molecule has 1 aromatic heterocycles. The van der Waals surface area contributed by atoms with Gasteiger partial charge >= 0.3 is 0 Å². The summed E-state index contributed by atoms with van der Waals surface area (Å²) in [5.41, 5.74) is 1.64. The first kappa shape index (κ1) is 14.4. The Bertz CT molecular complexity index is 686. The van der Waals surface area contributed by atoms with E-state index in [-0.39, 0.29) is 10.8 Å². The number of halogens is 2. The molecule has 2 nitrogen and oxygen atoms in total. The zero-order valence-corrected chi connectivity index (χ0v) is 13.5. The predicted octanol–water partition coefficient (Wildman–Crippen LogP) is 5.34. The molecule has 0 unspecified atom stereocenters. The van der Waals surface area contributed by atoms with E-state index >= 15 is 0 Å². The molecule has 0 aliphatic heterocycles. The summed E-state index contributed by atoms with van der Waals surface area (Å²) in [7, 11) is 0. The van der Waals surface area contributed by atoms with Crippen LogP contribution in [0.15, 0.2) is 12.1 Å². The molecule has 1 aliphatic rings. The molecule has 2 aromatic rings. The highest BCUT2D eigenvalue weighted by Crippen LogP contribution is 2.36. The summed E-state index contributed by atoms with van der Waals surface area (Å²) in [4.78, 5) is 3.14. The van der Waals surface area contributed by atoms with Crippen LogP contribution in [-0.2, 0) is 0 Å². The molecule has 0 bridgehead atoms. The Kier molecular flexibility index (Phi) is 4.11. The largest absolute Gasteiger partial charge is 0.331 e. The molecule has 1 aliphatic carbocycles. The number of H-pyrrole nitrogens is 1. The minimum Gasteiger partial charge on any atom is -0.331 e. The number of hydrogen-bond donors (Lipinski definition) is 1. The number of fused-ring (bicyclic) bond motifs is 1. The molecule has 1 aromatic carbocycles. The molecule has 1 saturated carbocycles. The summed E-state index contributed by atoms with van der Waals surface area (Å²) in [6, 6.07) is 3.47. The standard InChI is InChI=1S/C14H16ClFN2S2/c1-20-9-4-2-8(3-5-9)18-13-7-11(16)10(15)6-12(13)17-14(18)19/h6-9H,2-5H2,1H3,(H,17,19). The Morgan fingerprint density at radius 2 is 2.05 bits per heavy atom. The predicted molar refractivity (Wildman–Crippen MR) is 86.9 cm³/mol. The molecular formula is C14H16ClFN2S2. The first-order valence-electron chi connectivity index (χ1n) is 6.72. The molecule has 3 rings (SSSR count). The third kappa shape index (κ3) is 2.51. The van der Waals surface area contributed by atoms with Crippen LogP contribution >= 0.6 is 35.6 Å². The Balaban J connectivity index is 2.01. The van der Waals surface area contributed by atoms with Crippen LogP contribution in [0, 0.1) is 10.6 Å². The van der Waals surface area contributed by atoms with Gasteiger partial charge in [0.2, 0.25) is 0 Å². The van der Waals surface area contributed by atoms with E-state index in [1.807, 2.05) is 11.8 Å². The highest BCUT2D eigenvalue weighted by molar-refractivity contribution is 7.99. The molecular weight excluding hydrogens is 315 g/mol. The zero-order chi connectivity index (χ0) is 14.3. The summed E-state index contributed by atoms with van der Waals surface area (Å²) in [5.74, 6) is -0.389. The van der Waals surface area contributed by atoms with E-state index in [9.17, 15) is 4.39 Å². The monoisotopic (exact) mass is 330 g/mol. The topological polar surface area (TPSA) is 20.7 Å². The number of nitrogens with one attached hydrogen (secondary N) is 1. The Labute approximate surface area is 131 Å². The fourth-order valence-corrected chi connectivity index (χ4v) is 4.29. The van der Waals surface area contributed by atoms with Gasteiger partial charge in [0, 0.05) is 17.4 Å². The fraction of sp³-hybridized carbons (Fsp3) is 0.500. The van der Waals surface area contributed by atoms with Crippen LogP contribution in [0.25, 0.3) is 11.0 Å². The minimum absolute atomic E-state index is 0.131. The molecule has 1 N–H and O–H groups in total. The van der Waals surface area contributed by atoms with E-state index in [4.69, 9.17) is 23.8 Å². The maximum absolute atomic E-state index is 13.7. The van der Waals surface area contributed by atoms with E-state index < -0.39 is 0 Å². The lowest BCUT2D eigenvalue weighted by molar-refractivity contribution is 0.364. The normalized spacial score (nSPS) is 23.4. The first-order valence-corrected chi connectivity index (χ1v) is 8.79. The van der Waals surface area contributed by atoms with Gasteiger partial charge in [-0.15, -0.1) is 0 Å². The van der Waals surface area contributed by atoms with Crippen LogP contribution in [0.4, 0.5) is 4.39 Å². The summed E-state index contributed by atoms with van der Waals surface area (Å²) in [5, 5.41) is 0.879. The zero-order valence-electron chi connectivity index (χ0n) is 11.2. The highest BCUT2D eigenvalue weighted by Gasteiger charge is 2.24. The maximum atomic E-state index is 13.7. The molecule has 6 heteroatoms. The maximum Gasteiger partial charge on any atom is 0.178 e. The Hall–Kier alpha value is -0.520. The number of aromatic nitrogens is 2. The Morgan fingerprint density at radius 1 is 1.35 bits per heavy atom. The number of aromatic amines is 1. The van der Waals surface area contributed by atoms with Crippen molar-refractivity contribution in [1.82, 2.24) is 9.55 Å². The molecule has 0 spiro atoms. The van der Waals surface area contributed by atoms with Gasteiger partial charge in [-0.1, -0.05) is 11.6 Å².